The summed E-state index contributed by atoms with van der Waals surface area (Å²) in [5, 5.41) is 8.56. The largest absolute Gasteiger partial charge is 0.493 e. The van der Waals surface area contributed by atoms with E-state index in [0.717, 1.165) is 24.2 Å². The van der Waals surface area contributed by atoms with Crippen LogP contribution in [0.15, 0.2) is 34.6 Å². The van der Waals surface area contributed by atoms with Gasteiger partial charge in [-0.3, -0.25) is 0 Å². The third kappa shape index (κ3) is 5.82. The fourth-order valence-corrected chi connectivity index (χ4v) is 4.10. The Hall–Kier alpha value is -2.68. The van der Waals surface area contributed by atoms with Crippen molar-refractivity contribution in [1.29, 1.82) is 0 Å². The molecule has 0 amide bonds. The average molecular weight is 475 g/mol. The normalized spacial score (nSPS) is 15.3. The zero-order valence-electron chi connectivity index (χ0n) is 20.3. The Kier molecular flexibility index (Phi) is 8.66. The molecule has 8 nitrogen and oxygen atoms in total. The molecule has 1 atom stereocenters. The molecule has 1 aliphatic rings. The molecule has 9 heteroatoms. The molecule has 0 radical (unpaired) electrons. The van der Waals surface area contributed by atoms with Gasteiger partial charge in [-0.05, 0) is 49.1 Å². The Morgan fingerprint density at radius 2 is 2.03 bits per heavy atom. The highest BCUT2D eigenvalue weighted by Crippen LogP contribution is 2.39. The van der Waals surface area contributed by atoms with E-state index in [2.05, 4.69) is 36.2 Å². The van der Waals surface area contributed by atoms with Crippen molar-refractivity contribution < 1.29 is 19.0 Å². The van der Waals surface area contributed by atoms with Gasteiger partial charge in [0.05, 0.1) is 25.9 Å². The maximum atomic E-state index is 13.1. The molecule has 33 heavy (non-hydrogen) atoms. The van der Waals surface area contributed by atoms with Crippen LogP contribution in [0.4, 0.5) is 5.95 Å². The first kappa shape index (κ1) is 25.0. The number of aromatic nitrogens is 3. The Labute approximate surface area is 200 Å². The Morgan fingerprint density at radius 1 is 1.24 bits per heavy atom. The van der Waals surface area contributed by atoms with Crippen LogP contribution in [0.25, 0.3) is 0 Å². The predicted molar refractivity (Wildman–Crippen MR) is 130 cm³/mol. The Morgan fingerprint density at radius 3 is 2.70 bits per heavy atom. The van der Waals surface area contributed by atoms with Crippen LogP contribution in [-0.4, -0.2) is 46.8 Å². The zero-order valence-corrected chi connectivity index (χ0v) is 21.1. The van der Waals surface area contributed by atoms with Crippen LogP contribution in [0.2, 0.25) is 0 Å². The first-order valence-electron chi connectivity index (χ1n) is 11.4. The van der Waals surface area contributed by atoms with Crippen LogP contribution in [0.3, 0.4) is 0 Å². The number of anilines is 1. The van der Waals surface area contributed by atoms with E-state index in [1.807, 2.05) is 32.0 Å². The lowest BCUT2D eigenvalue weighted by Gasteiger charge is -2.28. The number of methoxy groups -OCH3 is 1. The van der Waals surface area contributed by atoms with E-state index >= 15 is 0 Å². The summed E-state index contributed by atoms with van der Waals surface area (Å²) < 4.78 is 18.9. The highest BCUT2D eigenvalue weighted by Gasteiger charge is 2.35. The standard InChI is InChI=1S/C24H34N4O4S/c1-7-12-32-22(29)20-16(5)25-23-26-24(33-8-2)27-28(23)21(20)17-9-10-18(19(14-17)30-6)31-13-11-15(3)4/h9-10,14-15,21H,7-8,11-13H2,1-6H3,(H,25,26,27). The van der Waals surface area contributed by atoms with Crippen LogP contribution in [-0.2, 0) is 9.53 Å². The minimum absolute atomic E-state index is 0.357. The van der Waals surface area contributed by atoms with Crippen LogP contribution in [0, 0.1) is 5.92 Å². The molecule has 0 saturated heterocycles. The van der Waals surface area contributed by atoms with Crippen molar-refractivity contribution in [2.75, 3.05) is 31.4 Å². The highest BCUT2D eigenvalue weighted by molar-refractivity contribution is 7.99. The molecule has 0 aliphatic carbocycles. The minimum Gasteiger partial charge on any atom is -0.493 e. The third-order valence-electron chi connectivity index (χ3n) is 5.22. The quantitative estimate of drug-likeness (QED) is 0.357. The van der Waals surface area contributed by atoms with Gasteiger partial charge in [0.15, 0.2) is 11.5 Å². The summed E-state index contributed by atoms with van der Waals surface area (Å²) in [5.74, 6) is 2.91. The number of fused-ring (bicyclic) bond motifs is 1. The molecule has 180 valence electrons. The van der Waals surface area contributed by atoms with E-state index in [1.54, 1.807) is 23.6 Å². The number of carbonyl (C=O) groups is 1. The summed E-state index contributed by atoms with van der Waals surface area (Å²) >= 11 is 1.55. The van der Waals surface area contributed by atoms with Gasteiger partial charge >= 0.3 is 5.97 Å². The van der Waals surface area contributed by atoms with Gasteiger partial charge in [-0.15, -0.1) is 5.10 Å². The molecule has 1 aliphatic heterocycles. The van der Waals surface area contributed by atoms with Crippen LogP contribution in [0.1, 0.15) is 59.1 Å². The van der Waals surface area contributed by atoms with Gasteiger partial charge in [-0.1, -0.05) is 45.5 Å². The van der Waals surface area contributed by atoms with Crippen molar-refractivity contribution in [2.45, 2.75) is 58.7 Å². The molecule has 1 aromatic carbocycles. The van der Waals surface area contributed by atoms with E-state index in [1.165, 1.54) is 0 Å². The van der Waals surface area contributed by atoms with Crippen molar-refractivity contribution in [3.05, 3.63) is 35.0 Å². The molecule has 1 N–H and O–H groups in total. The van der Waals surface area contributed by atoms with E-state index in [4.69, 9.17) is 14.2 Å². The molecule has 0 spiro atoms. The lowest BCUT2D eigenvalue weighted by molar-refractivity contribution is -0.139. The number of carbonyl (C=O) groups excluding carboxylic acids is 1. The Bertz CT molecular complexity index is 1000. The minimum atomic E-state index is -0.497. The van der Waals surface area contributed by atoms with Gasteiger partial charge in [-0.25, -0.2) is 9.48 Å². The molecule has 3 rings (SSSR count). The topological polar surface area (TPSA) is 87.5 Å². The van der Waals surface area contributed by atoms with E-state index in [9.17, 15) is 4.79 Å². The summed E-state index contributed by atoms with van der Waals surface area (Å²) in [6.07, 6.45) is 1.70. The first-order valence-corrected chi connectivity index (χ1v) is 12.4. The summed E-state index contributed by atoms with van der Waals surface area (Å²) in [6, 6.07) is 5.24. The second-order valence-corrected chi connectivity index (χ2v) is 9.47. The number of rotatable bonds is 11. The van der Waals surface area contributed by atoms with Crippen LogP contribution < -0.4 is 14.8 Å². The van der Waals surface area contributed by atoms with Crippen molar-refractivity contribution in [3.63, 3.8) is 0 Å². The lowest BCUT2D eigenvalue weighted by atomic mass is 9.95. The van der Waals surface area contributed by atoms with Crippen molar-refractivity contribution in [1.82, 2.24) is 14.8 Å². The van der Waals surface area contributed by atoms with E-state index in [-0.39, 0.29) is 5.97 Å². The number of allylic oxidation sites excluding steroid dienone is 1. The summed E-state index contributed by atoms with van der Waals surface area (Å²) in [7, 11) is 1.62. The van der Waals surface area contributed by atoms with Crippen molar-refractivity contribution in [3.8, 4) is 11.5 Å². The Balaban J connectivity index is 2.03. The number of esters is 1. The maximum absolute atomic E-state index is 13.1. The molecule has 2 heterocycles. The second-order valence-electron chi connectivity index (χ2n) is 8.24. The number of ether oxygens (including phenoxy) is 3. The highest BCUT2D eigenvalue weighted by atomic mass is 32.2. The summed E-state index contributed by atoms with van der Waals surface area (Å²) in [4.78, 5) is 17.7. The summed E-state index contributed by atoms with van der Waals surface area (Å²) in [5.41, 5.74) is 2.04. The second kappa shape index (κ2) is 11.4. The summed E-state index contributed by atoms with van der Waals surface area (Å²) in [6.45, 7) is 11.2. The van der Waals surface area contributed by atoms with Gasteiger partial charge in [0, 0.05) is 5.70 Å². The number of benzene rings is 1. The third-order valence-corrected chi connectivity index (χ3v) is 5.94. The predicted octanol–water partition coefficient (Wildman–Crippen LogP) is 5.07. The zero-order chi connectivity index (χ0) is 24.0. The molecule has 2 aromatic rings. The van der Waals surface area contributed by atoms with Gasteiger partial charge < -0.3 is 19.5 Å². The SMILES string of the molecule is CCCOC(=O)C1=C(C)Nc2nc(SCC)nn2C1c1ccc(OCCC(C)C)c(OC)c1. The number of nitrogens with one attached hydrogen (secondary N) is 1. The number of thioether (sulfide) groups is 1. The number of hydrogen-bond donors (Lipinski definition) is 1. The number of nitrogens with zero attached hydrogens (tertiary/aromatic N) is 3. The molecule has 0 saturated carbocycles. The molecular weight excluding hydrogens is 440 g/mol. The van der Waals surface area contributed by atoms with Gasteiger partial charge in [0.2, 0.25) is 11.1 Å². The average Bonchev–Trinajstić information content (AvgIpc) is 3.18. The lowest BCUT2D eigenvalue weighted by Crippen LogP contribution is -2.29. The molecule has 1 unspecified atom stereocenters. The molecular formula is C24H34N4O4S. The number of hydrogen-bond acceptors (Lipinski definition) is 8. The smallest absolute Gasteiger partial charge is 0.338 e. The maximum Gasteiger partial charge on any atom is 0.338 e. The monoisotopic (exact) mass is 474 g/mol. The molecule has 1 aromatic heterocycles. The van der Waals surface area contributed by atoms with E-state index < -0.39 is 6.04 Å². The van der Waals surface area contributed by atoms with Crippen molar-refractivity contribution in [2.24, 2.45) is 5.92 Å². The van der Waals surface area contributed by atoms with Gasteiger partial charge in [-0.2, -0.15) is 4.98 Å². The van der Waals surface area contributed by atoms with Crippen LogP contribution in [0.5, 0.6) is 11.5 Å². The van der Waals surface area contributed by atoms with Crippen LogP contribution >= 0.6 is 11.8 Å². The fraction of sp³-hybridized carbons (Fsp3) is 0.542. The molecule has 0 fully saturated rings. The first-order chi connectivity index (χ1) is 15.9. The van der Waals surface area contributed by atoms with Crippen molar-refractivity contribution >= 4 is 23.7 Å². The van der Waals surface area contributed by atoms with Gasteiger partial charge in [0.25, 0.3) is 0 Å². The molecule has 0 bridgehead atoms. The fourth-order valence-electron chi connectivity index (χ4n) is 3.54. The van der Waals surface area contributed by atoms with Gasteiger partial charge in [0.1, 0.15) is 6.04 Å². The van der Waals surface area contributed by atoms with E-state index in [0.29, 0.717) is 53.0 Å².